The molecule has 2 aromatic heterocycles. The predicted octanol–water partition coefficient (Wildman–Crippen LogP) is 1.53. The first-order valence-corrected chi connectivity index (χ1v) is 9.22. The maximum Gasteiger partial charge on any atom is 0.260 e. The molecule has 2 heterocycles. The minimum Gasteiger partial charge on any atom is -0.365 e. The van der Waals surface area contributed by atoms with Gasteiger partial charge in [-0.2, -0.15) is 5.26 Å². The summed E-state index contributed by atoms with van der Waals surface area (Å²) in [6, 6.07) is 4.11. The Morgan fingerprint density at radius 1 is 1.55 bits per heavy atom. The van der Waals surface area contributed by atoms with Crippen LogP contribution in [-0.2, 0) is 17.6 Å². The van der Waals surface area contributed by atoms with Crippen molar-refractivity contribution < 1.29 is 4.79 Å². The summed E-state index contributed by atoms with van der Waals surface area (Å²) < 4.78 is 4.00. The number of nitrogens with zero attached hydrogens (tertiary/aromatic N) is 2. The fourth-order valence-corrected chi connectivity index (χ4v) is 4.77. The summed E-state index contributed by atoms with van der Waals surface area (Å²) in [5.41, 5.74) is 9.07. The van der Waals surface area contributed by atoms with Crippen LogP contribution in [0.3, 0.4) is 0 Å². The van der Waals surface area contributed by atoms with Crippen molar-refractivity contribution in [3.63, 3.8) is 0 Å². The zero-order valence-electron chi connectivity index (χ0n) is 12.4. The average molecular weight is 331 g/mol. The van der Waals surface area contributed by atoms with Gasteiger partial charge < -0.3 is 10.1 Å². The Morgan fingerprint density at radius 2 is 2.32 bits per heavy atom. The van der Waals surface area contributed by atoms with E-state index in [0.717, 1.165) is 28.8 Å². The number of rotatable bonds is 3. The van der Waals surface area contributed by atoms with Crippen LogP contribution < -0.4 is 14.9 Å². The number of carbonyl (C=O) groups is 1. The van der Waals surface area contributed by atoms with Crippen molar-refractivity contribution in [2.75, 3.05) is 5.75 Å². The van der Waals surface area contributed by atoms with E-state index in [2.05, 4.69) is 22.8 Å². The molecule has 0 aliphatic heterocycles. The predicted molar refractivity (Wildman–Crippen MR) is 92.0 cm³/mol. The summed E-state index contributed by atoms with van der Waals surface area (Å²) in [6.45, 7) is 2.11. The lowest BCUT2D eigenvalue weighted by atomic mass is 9.98. The molecule has 3 rings (SSSR count). The molecule has 2 N–H and O–H groups in total. The van der Waals surface area contributed by atoms with E-state index in [4.69, 9.17) is 5.73 Å². The quantitative estimate of drug-likeness (QED) is 0.927. The van der Waals surface area contributed by atoms with Crippen LogP contribution in [0.1, 0.15) is 31.0 Å². The topological polar surface area (TPSA) is 71.3 Å². The molecule has 22 heavy (non-hydrogen) atoms. The van der Waals surface area contributed by atoms with E-state index in [1.54, 1.807) is 11.8 Å². The van der Waals surface area contributed by atoms with Crippen molar-refractivity contribution in [1.82, 2.24) is 4.40 Å². The molecule has 0 fully saturated rings. The van der Waals surface area contributed by atoms with Gasteiger partial charge in [-0.05, 0) is 43.1 Å². The van der Waals surface area contributed by atoms with Gasteiger partial charge in [-0.1, -0.05) is 6.92 Å². The number of nitrogens with two attached hydrogens (primary N) is 1. The van der Waals surface area contributed by atoms with Gasteiger partial charge in [0.05, 0.1) is 10.0 Å². The summed E-state index contributed by atoms with van der Waals surface area (Å²) in [5, 5.41) is 11.4. The maximum atomic E-state index is 11.6. The third kappa shape index (κ3) is 2.44. The summed E-state index contributed by atoms with van der Waals surface area (Å²) in [5.74, 6) is 0.336. The Morgan fingerprint density at radius 3 is 3.00 bits per heavy atom. The number of amides is 1. The smallest absolute Gasteiger partial charge is 0.260 e. The highest BCUT2D eigenvalue weighted by Crippen LogP contribution is 2.24. The van der Waals surface area contributed by atoms with Gasteiger partial charge in [0, 0.05) is 11.1 Å². The number of carbonyl (C=O) groups excluding carboxylic acids is 1. The summed E-state index contributed by atoms with van der Waals surface area (Å²) in [4.78, 5) is 11.6. The van der Waals surface area contributed by atoms with Crippen molar-refractivity contribution in [1.29, 1.82) is 5.26 Å². The van der Waals surface area contributed by atoms with Crippen molar-refractivity contribution >= 4 is 45.5 Å². The Kier molecular flexibility index (Phi) is 4.27. The second kappa shape index (κ2) is 6.19. The molecule has 6 heteroatoms. The third-order valence-corrected chi connectivity index (χ3v) is 5.90. The van der Waals surface area contributed by atoms with Crippen LogP contribution >= 0.6 is 23.1 Å². The fourth-order valence-electron chi connectivity index (χ4n) is 2.95. The molecule has 0 aromatic carbocycles. The monoisotopic (exact) mass is 331 g/mol. The first-order chi connectivity index (χ1) is 10.7. The maximum absolute atomic E-state index is 11.6. The highest BCUT2D eigenvalue weighted by molar-refractivity contribution is 8.06. The van der Waals surface area contributed by atoms with Crippen LogP contribution in [0.15, 0.2) is 6.07 Å². The molecule has 2 aromatic rings. The molecule has 0 bridgehead atoms. The molecular weight excluding hydrogens is 314 g/mol. The number of aryl methyl sites for hydroxylation is 2. The Bertz CT molecular complexity index is 899. The zero-order valence-corrected chi connectivity index (χ0v) is 14.0. The Balaban J connectivity index is 2.44. The first kappa shape index (κ1) is 15.2. The fraction of sp³-hybridized carbons (Fsp3) is 0.375. The molecule has 0 unspecified atom stereocenters. The second-order valence-corrected chi connectivity index (χ2v) is 7.41. The standard InChI is InChI=1S/C16H17N3OS2/c1-2-21-9-14-19-12-6-4-3-5-10(12)7-13(19)15(22-14)11(8-17)16(18)20/h7,9H,2-6H2,1H3,(H2,18,20). The summed E-state index contributed by atoms with van der Waals surface area (Å²) >= 11 is 3.21. The van der Waals surface area contributed by atoms with Crippen molar-refractivity contribution in [2.45, 2.75) is 32.6 Å². The van der Waals surface area contributed by atoms with Crippen LogP contribution in [0, 0.1) is 11.3 Å². The van der Waals surface area contributed by atoms with Gasteiger partial charge in [-0.15, -0.1) is 23.1 Å². The van der Waals surface area contributed by atoms with Crippen LogP contribution in [0.5, 0.6) is 0 Å². The summed E-state index contributed by atoms with van der Waals surface area (Å²) in [6.07, 6.45) is 4.51. The average Bonchev–Trinajstić information content (AvgIpc) is 3.04. The van der Waals surface area contributed by atoms with Gasteiger partial charge in [0.15, 0.2) is 0 Å². The molecule has 4 nitrogen and oxygen atoms in total. The van der Waals surface area contributed by atoms with E-state index in [0.29, 0.717) is 4.53 Å². The zero-order chi connectivity index (χ0) is 15.7. The van der Waals surface area contributed by atoms with E-state index >= 15 is 0 Å². The van der Waals surface area contributed by atoms with Crippen LogP contribution in [0.25, 0.3) is 16.5 Å². The molecule has 1 aliphatic rings. The van der Waals surface area contributed by atoms with Gasteiger partial charge >= 0.3 is 0 Å². The number of thioether (sulfide) groups is 1. The number of aromatic nitrogens is 1. The highest BCUT2D eigenvalue weighted by atomic mass is 32.2. The second-order valence-electron chi connectivity index (χ2n) is 5.24. The van der Waals surface area contributed by atoms with Crippen LogP contribution in [0.4, 0.5) is 0 Å². The molecular formula is C16H17N3OS2. The van der Waals surface area contributed by atoms with Crippen LogP contribution in [-0.4, -0.2) is 16.1 Å². The molecule has 0 saturated heterocycles. The number of primary amides is 1. The lowest BCUT2D eigenvalue weighted by molar-refractivity contribution is -0.112. The molecule has 114 valence electrons. The van der Waals surface area contributed by atoms with Gasteiger partial charge in [0.2, 0.25) is 0 Å². The number of hydrogen-bond acceptors (Lipinski definition) is 4. The highest BCUT2D eigenvalue weighted by Gasteiger charge is 2.19. The third-order valence-electron chi connectivity index (χ3n) is 3.90. The molecule has 1 aliphatic carbocycles. The molecule has 1 amide bonds. The molecule has 0 radical (unpaired) electrons. The number of nitriles is 1. The lowest BCUT2D eigenvalue weighted by Crippen LogP contribution is -2.18. The van der Waals surface area contributed by atoms with Crippen molar-refractivity contribution in [3.05, 3.63) is 26.5 Å². The van der Waals surface area contributed by atoms with E-state index in [1.807, 2.05) is 6.07 Å². The normalized spacial score (nSPS) is 16.5. The Labute approximate surface area is 136 Å². The van der Waals surface area contributed by atoms with Gasteiger partial charge in [-0.3, -0.25) is 4.79 Å². The minimum absolute atomic E-state index is 0.0611. The van der Waals surface area contributed by atoms with Gasteiger partial charge in [0.1, 0.15) is 16.3 Å². The van der Waals surface area contributed by atoms with Crippen molar-refractivity contribution in [2.24, 2.45) is 5.73 Å². The SMILES string of the molecule is CCSC=c1sc(=C(C#N)C(N)=O)c2cc3c(n12)CCCC3. The molecule has 0 saturated carbocycles. The number of fused-ring (bicyclic) bond motifs is 3. The van der Waals surface area contributed by atoms with E-state index in [1.165, 1.54) is 35.4 Å². The summed E-state index contributed by atoms with van der Waals surface area (Å²) in [7, 11) is 0. The van der Waals surface area contributed by atoms with E-state index in [-0.39, 0.29) is 5.57 Å². The molecule has 0 spiro atoms. The van der Waals surface area contributed by atoms with Gasteiger partial charge in [0.25, 0.3) is 5.91 Å². The lowest BCUT2D eigenvalue weighted by Gasteiger charge is -2.11. The van der Waals surface area contributed by atoms with Crippen molar-refractivity contribution in [3.8, 4) is 6.07 Å². The largest absolute Gasteiger partial charge is 0.365 e. The molecule has 0 atom stereocenters. The minimum atomic E-state index is -0.653. The number of hydrogen-bond donors (Lipinski definition) is 1. The van der Waals surface area contributed by atoms with Crippen LogP contribution in [0.2, 0.25) is 0 Å². The Hall–Kier alpha value is -1.71. The first-order valence-electron chi connectivity index (χ1n) is 7.35. The number of thiazole rings is 1. The van der Waals surface area contributed by atoms with E-state index < -0.39 is 5.91 Å². The van der Waals surface area contributed by atoms with Gasteiger partial charge in [-0.25, -0.2) is 0 Å². The van der Waals surface area contributed by atoms with E-state index in [9.17, 15) is 10.1 Å².